The Morgan fingerprint density at radius 2 is 2.25 bits per heavy atom. The van der Waals surface area contributed by atoms with Gasteiger partial charge in [-0.3, -0.25) is 4.79 Å². The summed E-state index contributed by atoms with van der Waals surface area (Å²) in [5, 5.41) is 7.89. The van der Waals surface area contributed by atoms with Crippen LogP contribution in [0, 0.1) is 0 Å². The highest BCUT2D eigenvalue weighted by Crippen LogP contribution is 2.23. The van der Waals surface area contributed by atoms with E-state index in [0.29, 0.717) is 12.2 Å². The summed E-state index contributed by atoms with van der Waals surface area (Å²) in [6.45, 7) is 0. The zero-order valence-corrected chi connectivity index (χ0v) is 8.03. The van der Waals surface area contributed by atoms with Crippen LogP contribution in [0.3, 0.4) is 0 Å². The largest absolute Gasteiger partial charge is 0.480 e. The summed E-state index contributed by atoms with van der Waals surface area (Å²) < 4.78 is 22.5. The number of carbonyl (C=O) groups is 1. The Labute approximate surface area is 75.3 Å². The second-order valence-corrected chi connectivity index (χ2v) is 6.12. The standard InChI is InChI=1S/C6H10O4S2/c7-6(8)4-12(9,10)5-1-2-11-3-5/h5H,1-4H2,(H,7,8). The Morgan fingerprint density at radius 1 is 1.58 bits per heavy atom. The van der Waals surface area contributed by atoms with Crippen LogP contribution >= 0.6 is 11.8 Å². The van der Waals surface area contributed by atoms with Gasteiger partial charge in [0.2, 0.25) is 0 Å². The Kier molecular flexibility index (Phi) is 3.00. The summed E-state index contributed by atoms with van der Waals surface area (Å²) in [5.41, 5.74) is 0. The third-order valence-corrected chi connectivity index (χ3v) is 5.16. The maximum absolute atomic E-state index is 11.2. The number of hydrogen-bond donors (Lipinski definition) is 1. The molecule has 4 nitrogen and oxygen atoms in total. The summed E-state index contributed by atoms with van der Waals surface area (Å²) in [6.07, 6.45) is 0.598. The van der Waals surface area contributed by atoms with E-state index in [1.165, 1.54) is 0 Å². The Balaban J connectivity index is 2.64. The molecule has 70 valence electrons. The number of thioether (sulfide) groups is 1. The second kappa shape index (κ2) is 3.66. The van der Waals surface area contributed by atoms with Gasteiger partial charge in [0.1, 0.15) is 5.75 Å². The fraction of sp³-hybridized carbons (Fsp3) is 0.833. The number of carboxylic acid groups (broad SMARTS) is 1. The molecule has 0 aromatic heterocycles. The minimum absolute atomic E-state index is 0.432. The number of sulfone groups is 1. The van der Waals surface area contributed by atoms with Crippen molar-refractivity contribution in [1.29, 1.82) is 0 Å². The van der Waals surface area contributed by atoms with Crippen LogP contribution in [-0.4, -0.2) is 42.0 Å². The first-order chi connectivity index (χ1) is 5.52. The first-order valence-corrected chi connectivity index (χ1v) is 6.40. The van der Waals surface area contributed by atoms with Crippen molar-refractivity contribution in [2.75, 3.05) is 17.3 Å². The first-order valence-electron chi connectivity index (χ1n) is 3.53. The molecule has 1 rings (SSSR count). The van der Waals surface area contributed by atoms with Crippen LogP contribution in [0.5, 0.6) is 0 Å². The van der Waals surface area contributed by atoms with Crippen molar-refractivity contribution in [3.8, 4) is 0 Å². The van der Waals surface area contributed by atoms with Crippen molar-refractivity contribution in [2.24, 2.45) is 0 Å². The average Bonchev–Trinajstić information content (AvgIpc) is 2.32. The van der Waals surface area contributed by atoms with E-state index in [2.05, 4.69) is 0 Å². The maximum Gasteiger partial charge on any atom is 0.318 e. The van der Waals surface area contributed by atoms with Crippen LogP contribution < -0.4 is 0 Å². The number of aliphatic carboxylic acids is 1. The Hall–Kier alpha value is -0.230. The van der Waals surface area contributed by atoms with E-state index >= 15 is 0 Å². The Bertz CT molecular complexity index is 263. The van der Waals surface area contributed by atoms with Gasteiger partial charge >= 0.3 is 5.97 Å². The predicted octanol–water partition coefficient (Wildman–Crippen LogP) is -0.00870. The highest BCUT2D eigenvalue weighted by Gasteiger charge is 2.30. The minimum Gasteiger partial charge on any atom is -0.480 e. The SMILES string of the molecule is O=C(O)CS(=O)(=O)C1CCSC1. The molecule has 0 spiro atoms. The van der Waals surface area contributed by atoms with E-state index in [4.69, 9.17) is 5.11 Å². The lowest BCUT2D eigenvalue weighted by Gasteiger charge is -2.06. The van der Waals surface area contributed by atoms with Gasteiger partial charge in [0.05, 0.1) is 5.25 Å². The minimum atomic E-state index is -3.38. The molecule has 1 fully saturated rings. The van der Waals surface area contributed by atoms with Crippen molar-refractivity contribution >= 4 is 27.6 Å². The molecule has 0 aliphatic carbocycles. The molecular weight excluding hydrogens is 200 g/mol. The third kappa shape index (κ3) is 2.38. The monoisotopic (exact) mass is 210 g/mol. The van der Waals surface area contributed by atoms with Gasteiger partial charge in [0, 0.05) is 5.75 Å². The van der Waals surface area contributed by atoms with Crippen LogP contribution in [0.1, 0.15) is 6.42 Å². The van der Waals surface area contributed by atoms with Gasteiger partial charge in [-0.15, -0.1) is 0 Å². The highest BCUT2D eigenvalue weighted by molar-refractivity contribution is 8.01. The summed E-state index contributed by atoms with van der Waals surface area (Å²) >= 11 is 1.56. The van der Waals surface area contributed by atoms with Gasteiger partial charge in [0.25, 0.3) is 0 Å². The normalized spacial score (nSPS) is 24.2. The lowest BCUT2D eigenvalue weighted by Crippen LogP contribution is -2.27. The van der Waals surface area contributed by atoms with Crippen LogP contribution in [0.25, 0.3) is 0 Å². The molecule has 0 saturated carbocycles. The van der Waals surface area contributed by atoms with Crippen molar-refractivity contribution in [2.45, 2.75) is 11.7 Å². The molecule has 0 radical (unpaired) electrons. The van der Waals surface area contributed by atoms with Gasteiger partial charge in [-0.25, -0.2) is 8.42 Å². The van der Waals surface area contributed by atoms with Crippen molar-refractivity contribution in [1.82, 2.24) is 0 Å². The maximum atomic E-state index is 11.2. The first kappa shape index (κ1) is 9.85. The predicted molar refractivity (Wildman–Crippen MR) is 47.2 cm³/mol. The molecule has 1 atom stereocenters. The summed E-state index contributed by atoms with van der Waals surface area (Å²) in [5.74, 6) is -0.607. The fourth-order valence-electron chi connectivity index (χ4n) is 1.09. The molecule has 1 heterocycles. The van der Waals surface area contributed by atoms with E-state index in [1.54, 1.807) is 11.8 Å². The lowest BCUT2D eigenvalue weighted by atomic mass is 10.4. The smallest absolute Gasteiger partial charge is 0.318 e. The van der Waals surface area contributed by atoms with Crippen molar-refractivity contribution < 1.29 is 18.3 Å². The topological polar surface area (TPSA) is 71.4 Å². The number of rotatable bonds is 3. The molecule has 0 bridgehead atoms. The van der Waals surface area contributed by atoms with Crippen molar-refractivity contribution in [3.63, 3.8) is 0 Å². The van der Waals surface area contributed by atoms with Crippen molar-refractivity contribution in [3.05, 3.63) is 0 Å². The molecule has 1 aliphatic heterocycles. The second-order valence-electron chi connectivity index (χ2n) is 2.69. The van der Waals surface area contributed by atoms with Gasteiger partial charge in [-0.2, -0.15) is 11.8 Å². The molecular formula is C6H10O4S2. The lowest BCUT2D eigenvalue weighted by molar-refractivity contribution is -0.134. The van der Waals surface area contributed by atoms with Gasteiger partial charge in [0.15, 0.2) is 9.84 Å². The van der Waals surface area contributed by atoms with E-state index in [1.807, 2.05) is 0 Å². The van der Waals surface area contributed by atoms with Gasteiger partial charge < -0.3 is 5.11 Å². The third-order valence-electron chi connectivity index (χ3n) is 1.72. The molecule has 12 heavy (non-hydrogen) atoms. The van der Waals surface area contributed by atoms with Gasteiger partial charge in [-0.05, 0) is 12.2 Å². The zero-order valence-electron chi connectivity index (χ0n) is 6.39. The van der Waals surface area contributed by atoms with Crippen LogP contribution in [-0.2, 0) is 14.6 Å². The summed E-state index contributed by atoms with van der Waals surface area (Å²) in [4.78, 5) is 10.2. The summed E-state index contributed by atoms with van der Waals surface area (Å²) in [6, 6.07) is 0. The number of hydrogen-bond acceptors (Lipinski definition) is 4. The van der Waals surface area contributed by atoms with E-state index in [-0.39, 0.29) is 0 Å². The van der Waals surface area contributed by atoms with E-state index < -0.39 is 26.8 Å². The highest BCUT2D eigenvalue weighted by atomic mass is 32.2. The molecule has 0 aromatic rings. The molecule has 1 aliphatic rings. The summed E-state index contributed by atoms with van der Waals surface area (Å²) in [7, 11) is -3.38. The van der Waals surface area contributed by atoms with Gasteiger partial charge in [-0.1, -0.05) is 0 Å². The van der Waals surface area contributed by atoms with Crippen LogP contribution in [0.2, 0.25) is 0 Å². The molecule has 1 N–H and O–H groups in total. The molecule has 0 amide bonds. The van der Waals surface area contributed by atoms with Crippen LogP contribution in [0.15, 0.2) is 0 Å². The number of carboxylic acids is 1. The van der Waals surface area contributed by atoms with E-state index in [0.717, 1.165) is 5.75 Å². The molecule has 1 unspecified atom stereocenters. The molecule has 0 aromatic carbocycles. The fourth-order valence-corrected chi connectivity index (χ4v) is 4.46. The molecule has 1 saturated heterocycles. The molecule has 6 heteroatoms. The average molecular weight is 210 g/mol. The Morgan fingerprint density at radius 3 is 2.67 bits per heavy atom. The van der Waals surface area contributed by atoms with E-state index in [9.17, 15) is 13.2 Å². The quantitative estimate of drug-likeness (QED) is 0.709. The van der Waals surface area contributed by atoms with Crippen LogP contribution in [0.4, 0.5) is 0 Å². The zero-order chi connectivity index (χ0) is 9.19.